The Morgan fingerprint density at radius 2 is 1.95 bits per heavy atom. The number of hydrogen-bond acceptors (Lipinski definition) is 2. The van der Waals surface area contributed by atoms with Crippen LogP contribution in [0.15, 0.2) is 24.5 Å². The second kappa shape index (κ2) is 7.08. The molecular weight excluding hydrogens is 252 g/mol. The van der Waals surface area contributed by atoms with Gasteiger partial charge in [-0.05, 0) is 18.6 Å². The molecule has 1 heterocycles. The van der Waals surface area contributed by atoms with Gasteiger partial charge in [-0.1, -0.05) is 45.1 Å². The molecule has 1 aromatic heterocycles. The van der Waals surface area contributed by atoms with Crippen LogP contribution in [0.5, 0.6) is 0 Å². The van der Waals surface area contributed by atoms with E-state index in [4.69, 9.17) is 5.11 Å². The molecule has 2 aromatic rings. The van der Waals surface area contributed by atoms with Crippen molar-refractivity contribution in [1.82, 2.24) is 9.55 Å². The molecule has 20 heavy (non-hydrogen) atoms. The van der Waals surface area contributed by atoms with Gasteiger partial charge in [-0.25, -0.2) is 9.78 Å². The molecule has 4 nitrogen and oxygen atoms in total. The molecule has 1 aromatic carbocycles. The van der Waals surface area contributed by atoms with Crippen molar-refractivity contribution >= 4 is 17.0 Å². The molecule has 0 spiro atoms. The standard InChI is InChI=1S/C16H22N2O2/c1-2-3-4-5-6-7-11-18-12-17-15-13(16(19)20)9-8-10-14(15)18/h8-10,12H,2-7,11H2,1H3,(H,19,20). The summed E-state index contributed by atoms with van der Waals surface area (Å²) in [6.45, 7) is 3.13. The number of rotatable bonds is 8. The Bertz CT molecular complexity index is 575. The molecular formula is C16H22N2O2. The summed E-state index contributed by atoms with van der Waals surface area (Å²) >= 11 is 0. The van der Waals surface area contributed by atoms with Crippen LogP contribution in [0.1, 0.15) is 55.8 Å². The van der Waals surface area contributed by atoms with Gasteiger partial charge in [-0.15, -0.1) is 0 Å². The van der Waals surface area contributed by atoms with E-state index in [1.165, 1.54) is 32.1 Å². The fraction of sp³-hybridized carbons (Fsp3) is 0.500. The normalized spacial score (nSPS) is 11.1. The van der Waals surface area contributed by atoms with Crippen molar-refractivity contribution in [3.63, 3.8) is 0 Å². The van der Waals surface area contributed by atoms with E-state index in [-0.39, 0.29) is 5.56 Å². The highest BCUT2D eigenvalue weighted by molar-refractivity contribution is 6.00. The van der Waals surface area contributed by atoms with Gasteiger partial charge >= 0.3 is 5.97 Å². The average Bonchev–Trinajstić information content (AvgIpc) is 2.85. The molecule has 0 atom stereocenters. The van der Waals surface area contributed by atoms with Crippen molar-refractivity contribution in [3.8, 4) is 0 Å². The van der Waals surface area contributed by atoms with Crippen LogP contribution < -0.4 is 0 Å². The number of fused-ring (bicyclic) bond motifs is 1. The zero-order valence-corrected chi connectivity index (χ0v) is 12.0. The van der Waals surface area contributed by atoms with Crippen LogP contribution in [0.3, 0.4) is 0 Å². The van der Waals surface area contributed by atoms with E-state index in [0.29, 0.717) is 5.52 Å². The van der Waals surface area contributed by atoms with Crippen LogP contribution in [-0.4, -0.2) is 20.6 Å². The average molecular weight is 274 g/mol. The first-order chi connectivity index (χ1) is 9.74. The molecule has 0 radical (unpaired) electrons. The first-order valence-corrected chi connectivity index (χ1v) is 7.41. The molecule has 4 heteroatoms. The number of aromatic carboxylic acids is 1. The van der Waals surface area contributed by atoms with Gasteiger partial charge < -0.3 is 9.67 Å². The third-order valence-corrected chi connectivity index (χ3v) is 3.63. The molecule has 0 bridgehead atoms. The summed E-state index contributed by atoms with van der Waals surface area (Å²) in [7, 11) is 0. The van der Waals surface area contributed by atoms with Crippen molar-refractivity contribution in [1.29, 1.82) is 0 Å². The monoisotopic (exact) mass is 274 g/mol. The highest BCUT2D eigenvalue weighted by Gasteiger charge is 2.11. The van der Waals surface area contributed by atoms with Gasteiger partial charge in [-0.3, -0.25) is 0 Å². The van der Waals surface area contributed by atoms with E-state index in [9.17, 15) is 4.79 Å². The maximum atomic E-state index is 11.1. The molecule has 108 valence electrons. The smallest absolute Gasteiger partial charge is 0.337 e. The van der Waals surface area contributed by atoms with Gasteiger partial charge in [0.05, 0.1) is 17.4 Å². The minimum atomic E-state index is -0.916. The number of carboxylic acid groups (broad SMARTS) is 1. The lowest BCUT2D eigenvalue weighted by Gasteiger charge is -2.05. The van der Waals surface area contributed by atoms with E-state index < -0.39 is 5.97 Å². The van der Waals surface area contributed by atoms with Gasteiger partial charge in [0.1, 0.15) is 5.52 Å². The summed E-state index contributed by atoms with van der Waals surface area (Å²) in [4.78, 5) is 15.4. The van der Waals surface area contributed by atoms with Gasteiger partial charge in [-0.2, -0.15) is 0 Å². The summed E-state index contributed by atoms with van der Waals surface area (Å²) in [5.74, 6) is -0.916. The Kier molecular flexibility index (Phi) is 5.16. The zero-order valence-electron chi connectivity index (χ0n) is 12.0. The summed E-state index contributed by atoms with van der Waals surface area (Å²) in [6.07, 6.45) is 9.26. The SMILES string of the molecule is CCCCCCCCn1cnc2c(C(=O)O)cccc21. The van der Waals surface area contributed by atoms with Crippen LogP contribution in [0, 0.1) is 0 Å². The summed E-state index contributed by atoms with van der Waals surface area (Å²) in [5.41, 5.74) is 1.79. The Labute approximate surface area is 119 Å². The van der Waals surface area contributed by atoms with E-state index in [1.54, 1.807) is 18.5 Å². The number of aromatic nitrogens is 2. The fourth-order valence-electron chi connectivity index (χ4n) is 2.50. The van der Waals surface area contributed by atoms with E-state index in [2.05, 4.69) is 16.5 Å². The zero-order chi connectivity index (χ0) is 14.4. The number of carbonyl (C=O) groups is 1. The summed E-state index contributed by atoms with van der Waals surface area (Å²) < 4.78 is 2.06. The highest BCUT2D eigenvalue weighted by Crippen LogP contribution is 2.18. The molecule has 0 saturated carbocycles. The summed E-state index contributed by atoms with van der Waals surface area (Å²) in [6, 6.07) is 5.32. The van der Waals surface area contributed by atoms with Crippen molar-refractivity contribution in [3.05, 3.63) is 30.1 Å². The molecule has 0 aliphatic carbocycles. The Morgan fingerprint density at radius 1 is 1.20 bits per heavy atom. The van der Waals surface area contributed by atoms with Crippen molar-refractivity contribution in [2.45, 2.75) is 52.0 Å². The van der Waals surface area contributed by atoms with E-state index in [1.807, 2.05) is 6.07 Å². The van der Waals surface area contributed by atoms with Gasteiger partial charge in [0.2, 0.25) is 0 Å². The second-order valence-electron chi connectivity index (χ2n) is 5.18. The number of carboxylic acids is 1. The van der Waals surface area contributed by atoms with Crippen LogP contribution in [-0.2, 0) is 6.54 Å². The lowest BCUT2D eigenvalue weighted by Crippen LogP contribution is -1.99. The molecule has 0 unspecified atom stereocenters. The van der Waals surface area contributed by atoms with Crippen molar-refractivity contribution in [2.24, 2.45) is 0 Å². The predicted octanol–water partition coefficient (Wildman–Crippen LogP) is 4.10. The van der Waals surface area contributed by atoms with Gasteiger partial charge in [0.25, 0.3) is 0 Å². The minimum Gasteiger partial charge on any atom is -0.478 e. The Hall–Kier alpha value is -1.84. The number of nitrogens with zero attached hydrogens (tertiary/aromatic N) is 2. The number of hydrogen-bond donors (Lipinski definition) is 1. The quantitative estimate of drug-likeness (QED) is 0.737. The molecule has 0 aliphatic heterocycles. The maximum absolute atomic E-state index is 11.1. The molecule has 0 saturated heterocycles. The number of unbranched alkanes of at least 4 members (excludes halogenated alkanes) is 5. The van der Waals surface area contributed by atoms with Crippen LogP contribution in [0.4, 0.5) is 0 Å². The van der Waals surface area contributed by atoms with E-state index in [0.717, 1.165) is 18.5 Å². The summed E-state index contributed by atoms with van der Waals surface area (Å²) in [5, 5.41) is 9.14. The number of para-hydroxylation sites is 1. The van der Waals surface area contributed by atoms with Crippen LogP contribution in [0.25, 0.3) is 11.0 Å². The van der Waals surface area contributed by atoms with Crippen LogP contribution in [0.2, 0.25) is 0 Å². The number of aryl methyl sites for hydroxylation is 1. The lowest BCUT2D eigenvalue weighted by atomic mass is 10.1. The Morgan fingerprint density at radius 3 is 2.70 bits per heavy atom. The first-order valence-electron chi connectivity index (χ1n) is 7.41. The molecule has 1 N–H and O–H groups in total. The molecule has 0 fully saturated rings. The molecule has 0 aliphatic rings. The fourth-order valence-corrected chi connectivity index (χ4v) is 2.50. The molecule has 2 rings (SSSR count). The second-order valence-corrected chi connectivity index (χ2v) is 5.18. The van der Waals surface area contributed by atoms with Crippen molar-refractivity contribution < 1.29 is 9.90 Å². The third kappa shape index (κ3) is 3.38. The van der Waals surface area contributed by atoms with Gasteiger partial charge in [0, 0.05) is 6.54 Å². The maximum Gasteiger partial charge on any atom is 0.337 e. The lowest BCUT2D eigenvalue weighted by molar-refractivity contribution is 0.0699. The van der Waals surface area contributed by atoms with Crippen LogP contribution >= 0.6 is 0 Å². The van der Waals surface area contributed by atoms with Gasteiger partial charge in [0.15, 0.2) is 0 Å². The number of imidazole rings is 1. The third-order valence-electron chi connectivity index (χ3n) is 3.63. The largest absolute Gasteiger partial charge is 0.478 e. The first kappa shape index (κ1) is 14.6. The van der Waals surface area contributed by atoms with E-state index >= 15 is 0 Å². The topological polar surface area (TPSA) is 55.1 Å². The minimum absolute atomic E-state index is 0.282. The van der Waals surface area contributed by atoms with Crippen molar-refractivity contribution in [2.75, 3.05) is 0 Å². The molecule has 0 amide bonds. The number of benzene rings is 1. The predicted molar refractivity (Wildman–Crippen MR) is 80.1 cm³/mol. The Balaban J connectivity index is 1.98. The highest BCUT2D eigenvalue weighted by atomic mass is 16.4.